The smallest absolute Gasteiger partial charge is 0.153 e. The third kappa shape index (κ3) is 1.95. The predicted molar refractivity (Wildman–Crippen MR) is 64.9 cm³/mol. The Morgan fingerprint density at radius 3 is 2.41 bits per heavy atom. The summed E-state index contributed by atoms with van der Waals surface area (Å²) in [6, 6.07) is 7.27. The minimum atomic E-state index is 0.0760. The molecular formula is C14H17NO2. The minimum absolute atomic E-state index is 0.0760. The van der Waals surface area contributed by atoms with E-state index in [2.05, 4.69) is 4.90 Å². The molecule has 3 saturated heterocycles. The van der Waals surface area contributed by atoms with Crippen molar-refractivity contribution in [3.05, 3.63) is 29.8 Å². The molecule has 3 heterocycles. The van der Waals surface area contributed by atoms with E-state index in [1.807, 2.05) is 12.1 Å². The molecule has 1 atom stereocenters. The Bertz CT molecular complexity index is 418. The highest BCUT2D eigenvalue weighted by molar-refractivity contribution is 5.88. The van der Waals surface area contributed by atoms with Gasteiger partial charge in [0.2, 0.25) is 0 Å². The third-order valence-corrected chi connectivity index (χ3v) is 4.07. The van der Waals surface area contributed by atoms with Gasteiger partial charge < -0.3 is 5.11 Å². The molecule has 0 saturated carbocycles. The number of phenolic OH excluding ortho intramolecular Hbond substituents is 1. The summed E-state index contributed by atoms with van der Waals surface area (Å²) in [5.74, 6) is 1.02. The van der Waals surface area contributed by atoms with E-state index in [0.29, 0.717) is 11.7 Å². The topological polar surface area (TPSA) is 40.5 Å². The number of rotatable bonds is 2. The molecule has 0 aliphatic carbocycles. The van der Waals surface area contributed by atoms with Crippen LogP contribution in [0.4, 0.5) is 0 Å². The first kappa shape index (κ1) is 10.8. The highest BCUT2D eigenvalue weighted by Gasteiger charge is 2.40. The normalized spacial score (nSPS) is 31.8. The summed E-state index contributed by atoms with van der Waals surface area (Å²) in [5, 5.41) is 9.24. The SMILES string of the molecule is O=C1C2CCN(CC2)[C@@H]1Cc1ccc(O)cc1. The summed E-state index contributed by atoms with van der Waals surface area (Å²) < 4.78 is 0. The maximum atomic E-state index is 12.2. The van der Waals surface area contributed by atoms with Crippen molar-refractivity contribution >= 4 is 5.78 Å². The van der Waals surface area contributed by atoms with Crippen LogP contribution in [-0.2, 0) is 11.2 Å². The van der Waals surface area contributed by atoms with Crippen molar-refractivity contribution in [3.8, 4) is 5.75 Å². The number of phenols is 1. The van der Waals surface area contributed by atoms with Crippen molar-refractivity contribution in [1.29, 1.82) is 0 Å². The molecule has 2 bridgehead atoms. The summed E-state index contributed by atoms with van der Waals surface area (Å²) in [7, 11) is 0. The van der Waals surface area contributed by atoms with Crippen LogP contribution in [0, 0.1) is 5.92 Å². The Hall–Kier alpha value is -1.35. The molecule has 3 fully saturated rings. The number of aromatic hydroxyl groups is 1. The molecule has 3 heteroatoms. The van der Waals surface area contributed by atoms with Gasteiger partial charge in [-0.1, -0.05) is 12.1 Å². The number of fused-ring (bicyclic) bond motifs is 3. The highest BCUT2D eigenvalue weighted by atomic mass is 16.3. The average Bonchev–Trinajstić information content (AvgIpc) is 2.37. The van der Waals surface area contributed by atoms with E-state index in [0.717, 1.165) is 37.9 Å². The van der Waals surface area contributed by atoms with Crippen LogP contribution in [0.15, 0.2) is 24.3 Å². The molecule has 1 aromatic rings. The third-order valence-electron chi connectivity index (χ3n) is 4.07. The van der Waals surface area contributed by atoms with Crippen molar-refractivity contribution < 1.29 is 9.90 Å². The van der Waals surface area contributed by atoms with Crippen molar-refractivity contribution in [3.63, 3.8) is 0 Å². The molecule has 0 unspecified atom stereocenters. The van der Waals surface area contributed by atoms with Crippen molar-refractivity contribution in [2.24, 2.45) is 5.92 Å². The fraction of sp³-hybridized carbons (Fsp3) is 0.500. The zero-order valence-corrected chi connectivity index (χ0v) is 9.80. The van der Waals surface area contributed by atoms with Crippen LogP contribution in [0.3, 0.4) is 0 Å². The second-order valence-electron chi connectivity index (χ2n) is 5.10. The number of hydrogen-bond donors (Lipinski definition) is 1. The molecule has 17 heavy (non-hydrogen) atoms. The minimum Gasteiger partial charge on any atom is -0.508 e. The lowest BCUT2D eigenvalue weighted by Crippen LogP contribution is -2.56. The van der Waals surface area contributed by atoms with Gasteiger partial charge in [-0.05, 0) is 50.0 Å². The van der Waals surface area contributed by atoms with E-state index in [-0.39, 0.29) is 11.8 Å². The van der Waals surface area contributed by atoms with Crippen LogP contribution in [0.25, 0.3) is 0 Å². The number of carbonyl (C=O) groups is 1. The Labute approximate surface area is 101 Å². The Balaban J connectivity index is 1.76. The zero-order chi connectivity index (χ0) is 11.8. The molecule has 90 valence electrons. The molecular weight excluding hydrogens is 214 g/mol. The first-order chi connectivity index (χ1) is 8.24. The van der Waals surface area contributed by atoms with Crippen LogP contribution in [0.5, 0.6) is 5.75 Å². The molecule has 1 N–H and O–H groups in total. The summed E-state index contributed by atoms with van der Waals surface area (Å²) in [6.45, 7) is 2.14. The van der Waals surface area contributed by atoms with Crippen LogP contribution in [-0.4, -0.2) is 34.9 Å². The van der Waals surface area contributed by atoms with E-state index >= 15 is 0 Å². The maximum absolute atomic E-state index is 12.2. The molecule has 0 radical (unpaired) electrons. The van der Waals surface area contributed by atoms with Crippen LogP contribution in [0.2, 0.25) is 0 Å². The molecule has 0 amide bonds. The fourth-order valence-corrected chi connectivity index (χ4v) is 3.03. The largest absolute Gasteiger partial charge is 0.508 e. The number of hydrogen-bond acceptors (Lipinski definition) is 3. The standard InChI is InChI=1S/C14H17NO2/c16-12-3-1-10(2-4-12)9-13-14(17)11-5-7-15(13)8-6-11/h1-4,11,13,16H,5-9H2/t13-/m1/s1. The summed E-state index contributed by atoms with van der Waals surface area (Å²) in [4.78, 5) is 14.5. The van der Waals surface area contributed by atoms with E-state index in [4.69, 9.17) is 0 Å². The van der Waals surface area contributed by atoms with Gasteiger partial charge >= 0.3 is 0 Å². The van der Waals surface area contributed by atoms with Gasteiger partial charge in [-0.15, -0.1) is 0 Å². The maximum Gasteiger partial charge on any atom is 0.153 e. The number of nitrogens with zero attached hydrogens (tertiary/aromatic N) is 1. The van der Waals surface area contributed by atoms with Gasteiger partial charge in [0.25, 0.3) is 0 Å². The van der Waals surface area contributed by atoms with Gasteiger partial charge in [0.15, 0.2) is 5.78 Å². The quantitative estimate of drug-likeness (QED) is 0.840. The molecule has 4 rings (SSSR count). The second kappa shape index (κ2) is 4.15. The lowest BCUT2D eigenvalue weighted by Gasteiger charge is -2.44. The number of Topliss-reactive ketones (excluding diaryl/α,β-unsaturated/α-hetero) is 1. The fourth-order valence-electron chi connectivity index (χ4n) is 3.03. The second-order valence-corrected chi connectivity index (χ2v) is 5.10. The molecule has 3 aliphatic rings. The summed E-state index contributed by atoms with van der Waals surface area (Å²) >= 11 is 0. The molecule has 0 spiro atoms. The molecule has 1 aromatic carbocycles. The van der Waals surface area contributed by atoms with Crippen molar-refractivity contribution in [2.45, 2.75) is 25.3 Å². The molecule has 0 aromatic heterocycles. The summed E-state index contributed by atoms with van der Waals surface area (Å²) in [5.41, 5.74) is 1.13. The molecule has 3 aliphatic heterocycles. The van der Waals surface area contributed by atoms with E-state index < -0.39 is 0 Å². The number of piperidine rings is 3. The number of benzene rings is 1. The first-order valence-corrected chi connectivity index (χ1v) is 6.30. The number of carbonyl (C=O) groups excluding carboxylic acids is 1. The average molecular weight is 231 g/mol. The Kier molecular flexibility index (Phi) is 2.63. The van der Waals surface area contributed by atoms with Gasteiger partial charge in [0.05, 0.1) is 6.04 Å². The van der Waals surface area contributed by atoms with Gasteiger partial charge in [-0.2, -0.15) is 0 Å². The molecule has 3 nitrogen and oxygen atoms in total. The lowest BCUT2D eigenvalue weighted by molar-refractivity contribution is -0.136. The Morgan fingerprint density at radius 1 is 1.18 bits per heavy atom. The van der Waals surface area contributed by atoms with E-state index in [9.17, 15) is 9.90 Å². The van der Waals surface area contributed by atoms with E-state index in [1.165, 1.54) is 0 Å². The van der Waals surface area contributed by atoms with Gasteiger partial charge in [0, 0.05) is 5.92 Å². The van der Waals surface area contributed by atoms with Crippen molar-refractivity contribution in [2.75, 3.05) is 13.1 Å². The summed E-state index contributed by atoms with van der Waals surface area (Å²) in [6.07, 6.45) is 2.88. The Morgan fingerprint density at radius 2 is 1.82 bits per heavy atom. The van der Waals surface area contributed by atoms with Gasteiger partial charge in [-0.3, -0.25) is 9.69 Å². The monoisotopic (exact) mass is 231 g/mol. The van der Waals surface area contributed by atoms with Crippen molar-refractivity contribution in [1.82, 2.24) is 4.90 Å². The van der Waals surface area contributed by atoms with Gasteiger partial charge in [-0.25, -0.2) is 0 Å². The number of ketones is 1. The van der Waals surface area contributed by atoms with Crippen LogP contribution < -0.4 is 0 Å². The predicted octanol–water partition coefficient (Wildman–Crippen LogP) is 1.60. The van der Waals surface area contributed by atoms with Gasteiger partial charge in [0.1, 0.15) is 5.75 Å². The van der Waals surface area contributed by atoms with Crippen LogP contribution >= 0.6 is 0 Å². The zero-order valence-electron chi connectivity index (χ0n) is 9.80. The first-order valence-electron chi connectivity index (χ1n) is 6.30. The highest BCUT2D eigenvalue weighted by Crippen LogP contribution is 2.30. The lowest BCUT2D eigenvalue weighted by atomic mass is 9.80. The van der Waals surface area contributed by atoms with E-state index in [1.54, 1.807) is 12.1 Å². The van der Waals surface area contributed by atoms with Crippen LogP contribution in [0.1, 0.15) is 18.4 Å².